The van der Waals surface area contributed by atoms with Gasteiger partial charge in [0.2, 0.25) is 10.0 Å². The Balaban J connectivity index is 3.73. The third-order valence-electron chi connectivity index (χ3n) is 2.22. The van der Waals surface area contributed by atoms with Crippen molar-refractivity contribution in [1.82, 2.24) is 4.72 Å². The lowest BCUT2D eigenvalue weighted by Crippen LogP contribution is -2.30. The molecule has 0 spiro atoms. The van der Waals surface area contributed by atoms with E-state index in [1.54, 1.807) is 0 Å². The average molecular weight is 222 g/mol. The molecule has 5 heteroatoms. The van der Waals surface area contributed by atoms with Crippen LogP contribution >= 0.6 is 0 Å². The minimum Gasteiger partial charge on any atom is -0.330 e. The Hall–Kier alpha value is -0.130. The zero-order valence-electron chi connectivity index (χ0n) is 9.12. The first-order valence-corrected chi connectivity index (χ1v) is 6.84. The van der Waals surface area contributed by atoms with Gasteiger partial charge in [-0.15, -0.1) is 0 Å². The second-order valence-corrected chi connectivity index (χ2v) is 5.60. The smallest absolute Gasteiger partial charge is 0.211 e. The van der Waals surface area contributed by atoms with E-state index in [2.05, 4.69) is 4.72 Å². The molecule has 0 aromatic heterocycles. The first-order chi connectivity index (χ1) is 6.52. The number of rotatable bonds is 8. The third-order valence-corrected chi connectivity index (χ3v) is 3.65. The molecule has 1 unspecified atom stereocenters. The van der Waals surface area contributed by atoms with E-state index in [4.69, 9.17) is 5.73 Å². The van der Waals surface area contributed by atoms with Gasteiger partial charge in [-0.1, -0.05) is 20.3 Å². The molecule has 14 heavy (non-hydrogen) atoms. The minimum atomic E-state index is -3.06. The molecule has 0 aromatic rings. The Morgan fingerprint density at radius 1 is 1.36 bits per heavy atom. The van der Waals surface area contributed by atoms with Crippen LogP contribution in [0.1, 0.15) is 33.1 Å². The zero-order valence-corrected chi connectivity index (χ0v) is 9.94. The topological polar surface area (TPSA) is 72.2 Å². The lowest BCUT2D eigenvalue weighted by molar-refractivity contribution is 0.527. The Bertz CT molecular complexity index is 227. The maximum Gasteiger partial charge on any atom is 0.211 e. The fourth-order valence-corrected chi connectivity index (χ4v) is 2.19. The molecule has 0 aliphatic rings. The quantitative estimate of drug-likeness (QED) is 0.594. The summed E-state index contributed by atoms with van der Waals surface area (Å²) in [5.74, 6) is 0.597. The molecule has 0 rings (SSSR count). The first-order valence-electron chi connectivity index (χ1n) is 5.19. The molecule has 3 N–H and O–H groups in total. The van der Waals surface area contributed by atoms with E-state index >= 15 is 0 Å². The molecule has 0 aliphatic heterocycles. The molecule has 0 amide bonds. The van der Waals surface area contributed by atoms with Crippen LogP contribution in [0.3, 0.4) is 0 Å². The summed E-state index contributed by atoms with van der Waals surface area (Å²) < 4.78 is 25.3. The largest absolute Gasteiger partial charge is 0.330 e. The Labute approximate surface area is 87.3 Å². The molecule has 0 bridgehead atoms. The predicted molar refractivity (Wildman–Crippen MR) is 59.5 cm³/mol. The van der Waals surface area contributed by atoms with E-state index in [0.29, 0.717) is 25.4 Å². The van der Waals surface area contributed by atoms with Gasteiger partial charge < -0.3 is 5.73 Å². The van der Waals surface area contributed by atoms with Gasteiger partial charge in [0, 0.05) is 6.54 Å². The number of hydrogen-bond donors (Lipinski definition) is 2. The molecule has 0 aliphatic carbocycles. The first kappa shape index (κ1) is 13.9. The van der Waals surface area contributed by atoms with Crippen molar-refractivity contribution in [3.63, 3.8) is 0 Å². The molecule has 0 saturated carbocycles. The maximum absolute atomic E-state index is 11.4. The molecule has 0 saturated heterocycles. The second kappa shape index (κ2) is 7.20. The minimum absolute atomic E-state index is 0.195. The molecular weight excluding hydrogens is 200 g/mol. The van der Waals surface area contributed by atoms with E-state index in [1.807, 2.05) is 13.8 Å². The lowest BCUT2D eigenvalue weighted by Gasteiger charge is -2.10. The van der Waals surface area contributed by atoms with Gasteiger partial charge in [0.05, 0.1) is 5.75 Å². The van der Waals surface area contributed by atoms with Crippen molar-refractivity contribution < 1.29 is 8.42 Å². The maximum atomic E-state index is 11.4. The van der Waals surface area contributed by atoms with Crippen LogP contribution in [0, 0.1) is 5.92 Å². The molecule has 1 atom stereocenters. The van der Waals surface area contributed by atoms with Gasteiger partial charge in [-0.2, -0.15) is 0 Å². The van der Waals surface area contributed by atoms with Gasteiger partial charge in [0.25, 0.3) is 0 Å². The van der Waals surface area contributed by atoms with Crippen LogP contribution in [0.2, 0.25) is 0 Å². The highest BCUT2D eigenvalue weighted by Crippen LogP contribution is 2.00. The average Bonchev–Trinajstić information content (AvgIpc) is 2.14. The number of hydrogen-bond acceptors (Lipinski definition) is 3. The van der Waals surface area contributed by atoms with Crippen molar-refractivity contribution >= 4 is 10.0 Å². The number of sulfonamides is 1. The Kier molecular flexibility index (Phi) is 7.13. The molecule has 86 valence electrons. The third kappa shape index (κ3) is 7.29. The van der Waals surface area contributed by atoms with Crippen molar-refractivity contribution in [1.29, 1.82) is 0 Å². The van der Waals surface area contributed by atoms with E-state index in [9.17, 15) is 8.42 Å². The van der Waals surface area contributed by atoms with Gasteiger partial charge in [-0.3, -0.25) is 0 Å². The summed E-state index contributed by atoms with van der Waals surface area (Å²) in [5, 5.41) is 0. The SMILES string of the molecule is CCC(C)CNS(=O)(=O)CCCCN. The van der Waals surface area contributed by atoms with Crippen LogP contribution in [0.15, 0.2) is 0 Å². The van der Waals surface area contributed by atoms with Crippen molar-refractivity contribution in [3.8, 4) is 0 Å². The van der Waals surface area contributed by atoms with Crippen molar-refractivity contribution in [2.24, 2.45) is 11.7 Å². The van der Waals surface area contributed by atoms with Crippen molar-refractivity contribution in [2.75, 3.05) is 18.8 Å². The zero-order chi connectivity index (χ0) is 11.0. The molecule has 4 nitrogen and oxygen atoms in total. The summed E-state index contributed by atoms with van der Waals surface area (Å²) in [5.41, 5.74) is 5.29. The summed E-state index contributed by atoms with van der Waals surface area (Å²) in [6.45, 7) is 5.18. The van der Waals surface area contributed by atoms with E-state index in [0.717, 1.165) is 12.8 Å². The highest BCUT2D eigenvalue weighted by molar-refractivity contribution is 7.89. The molecular formula is C9H22N2O2S. The molecule has 0 aromatic carbocycles. The van der Waals surface area contributed by atoms with Gasteiger partial charge in [-0.25, -0.2) is 13.1 Å². The van der Waals surface area contributed by atoms with Gasteiger partial charge in [0.1, 0.15) is 0 Å². The highest BCUT2D eigenvalue weighted by Gasteiger charge is 2.10. The molecule has 0 fully saturated rings. The summed E-state index contributed by atoms with van der Waals surface area (Å²) >= 11 is 0. The van der Waals surface area contributed by atoms with Crippen molar-refractivity contribution in [2.45, 2.75) is 33.1 Å². The fraction of sp³-hybridized carbons (Fsp3) is 1.00. The highest BCUT2D eigenvalue weighted by atomic mass is 32.2. The number of unbranched alkanes of at least 4 members (excludes halogenated alkanes) is 1. The van der Waals surface area contributed by atoms with Crippen LogP contribution in [0.4, 0.5) is 0 Å². The Morgan fingerprint density at radius 2 is 2.00 bits per heavy atom. The summed E-state index contributed by atoms with van der Waals surface area (Å²) in [6.07, 6.45) is 2.40. The van der Waals surface area contributed by atoms with Gasteiger partial charge in [0.15, 0.2) is 0 Å². The standard InChI is InChI=1S/C9H22N2O2S/c1-3-9(2)8-11-14(12,13)7-5-4-6-10/h9,11H,3-8,10H2,1-2H3. The predicted octanol–water partition coefficient (Wildman–Crippen LogP) is 0.691. The molecule has 0 radical (unpaired) electrons. The molecule has 0 heterocycles. The monoisotopic (exact) mass is 222 g/mol. The van der Waals surface area contributed by atoms with Crippen LogP contribution in [0.5, 0.6) is 0 Å². The van der Waals surface area contributed by atoms with Crippen LogP contribution in [-0.2, 0) is 10.0 Å². The van der Waals surface area contributed by atoms with Gasteiger partial charge >= 0.3 is 0 Å². The van der Waals surface area contributed by atoms with Crippen LogP contribution in [0.25, 0.3) is 0 Å². The number of nitrogens with two attached hydrogens (primary N) is 1. The second-order valence-electron chi connectivity index (χ2n) is 3.68. The Morgan fingerprint density at radius 3 is 2.50 bits per heavy atom. The van der Waals surface area contributed by atoms with E-state index in [1.165, 1.54) is 0 Å². The van der Waals surface area contributed by atoms with Gasteiger partial charge in [-0.05, 0) is 25.3 Å². The van der Waals surface area contributed by atoms with Crippen molar-refractivity contribution in [3.05, 3.63) is 0 Å². The summed E-state index contributed by atoms with van der Waals surface area (Å²) in [4.78, 5) is 0. The summed E-state index contributed by atoms with van der Waals surface area (Å²) in [7, 11) is -3.06. The van der Waals surface area contributed by atoms with E-state index in [-0.39, 0.29) is 5.75 Å². The van der Waals surface area contributed by atoms with E-state index < -0.39 is 10.0 Å². The van der Waals surface area contributed by atoms with Crippen LogP contribution in [-0.4, -0.2) is 27.3 Å². The normalized spacial score (nSPS) is 14.2. The lowest BCUT2D eigenvalue weighted by atomic mass is 10.1. The summed E-state index contributed by atoms with van der Waals surface area (Å²) in [6, 6.07) is 0. The van der Waals surface area contributed by atoms with Crippen LogP contribution < -0.4 is 10.5 Å². The fourth-order valence-electron chi connectivity index (χ4n) is 0.922. The number of nitrogens with one attached hydrogen (secondary N) is 1.